The van der Waals surface area contributed by atoms with Gasteiger partial charge in [-0.3, -0.25) is 0 Å². The van der Waals surface area contributed by atoms with E-state index < -0.39 is 0 Å². The van der Waals surface area contributed by atoms with Crippen LogP contribution in [-0.2, 0) is 4.74 Å². The van der Waals surface area contributed by atoms with Gasteiger partial charge < -0.3 is 20.5 Å². The lowest BCUT2D eigenvalue weighted by molar-refractivity contribution is -0.0690. The van der Waals surface area contributed by atoms with Crippen LogP contribution in [0.4, 0.5) is 4.79 Å². The lowest BCUT2D eigenvalue weighted by Crippen LogP contribution is -2.50. The maximum Gasteiger partial charge on any atom is 0.315 e. The molecule has 2 amide bonds. The van der Waals surface area contributed by atoms with Gasteiger partial charge in [0.25, 0.3) is 0 Å². The number of aliphatic hydroxyl groups excluding tert-OH is 1. The summed E-state index contributed by atoms with van der Waals surface area (Å²) < 4.78 is 5.98. The predicted octanol–water partition coefficient (Wildman–Crippen LogP) is 2.43. The molecule has 1 heterocycles. The van der Waals surface area contributed by atoms with Crippen molar-refractivity contribution in [3.05, 3.63) is 0 Å². The van der Waals surface area contributed by atoms with Crippen LogP contribution in [0.5, 0.6) is 0 Å². The number of hydrogen-bond acceptors (Lipinski definition) is 3. The largest absolute Gasteiger partial charge is 0.396 e. The highest BCUT2D eigenvalue weighted by molar-refractivity contribution is 5.74. The molecule has 0 saturated carbocycles. The van der Waals surface area contributed by atoms with E-state index in [1.165, 1.54) is 0 Å². The third kappa shape index (κ3) is 5.83. The Morgan fingerprint density at radius 1 is 1.33 bits per heavy atom. The van der Waals surface area contributed by atoms with Gasteiger partial charge in [-0.15, -0.1) is 0 Å². The first-order chi connectivity index (χ1) is 9.70. The number of amides is 2. The maximum absolute atomic E-state index is 12.1. The van der Waals surface area contributed by atoms with E-state index in [0.29, 0.717) is 12.5 Å². The van der Waals surface area contributed by atoms with Crippen molar-refractivity contribution in [2.75, 3.05) is 13.2 Å². The van der Waals surface area contributed by atoms with E-state index in [9.17, 15) is 4.79 Å². The van der Waals surface area contributed by atoms with Crippen LogP contribution in [0.15, 0.2) is 0 Å². The molecular weight excluding hydrogens is 268 g/mol. The van der Waals surface area contributed by atoms with Crippen molar-refractivity contribution in [1.29, 1.82) is 0 Å². The Morgan fingerprint density at radius 2 is 2.00 bits per heavy atom. The van der Waals surface area contributed by atoms with Gasteiger partial charge in [0.2, 0.25) is 0 Å². The molecule has 0 aliphatic carbocycles. The van der Waals surface area contributed by atoms with Crippen molar-refractivity contribution in [3.8, 4) is 0 Å². The zero-order chi connectivity index (χ0) is 16.1. The number of carbonyl (C=O) groups excluding carboxylic acids is 1. The average molecular weight is 300 g/mol. The minimum atomic E-state index is -0.352. The van der Waals surface area contributed by atoms with Crippen LogP contribution in [0, 0.1) is 5.92 Å². The Bertz CT molecular complexity index is 336. The van der Waals surface area contributed by atoms with Crippen molar-refractivity contribution in [1.82, 2.24) is 10.6 Å². The summed E-state index contributed by atoms with van der Waals surface area (Å²) in [5.74, 6) is 0.343. The van der Waals surface area contributed by atoms with Crippen LogP contribution in [0.1, 0.15) is 60.3 Å². The molecule has 0 aromatic heterocycles. The van der Waals surface area contributed by atoms with Gasteiger partial charge >= 0.3 is 6.03 Å². The summed E-state index contributed by atoms with van der Waals surface area (Å²) in [6.07, 6.45) is 3.62. The summed E-state index contributed by atoms with van der Waals surface area (Å²) in [5.41, 5.74) is -0.558. The van der Waals surface area contributed by atoms with Gasteiger partial charge in [-0.05, 0) is 52.9 Å². The van der Waals surface area contributed by atoms with E-state index in [1.807, 2.05) is 27.7 Å². The molecule has 124 valence electrons. The summed E-state index contributed by atoms with van der Waals surface area (Å²) in [5, 5.41) is 15.0. The molecule has 0 radical (unpaired) electrons. The molecule has 21 heavy (non-hydrogen) atoms. The van der Waals surface area contributed by atoms with Crippen LogP contribution < -0.4 is 10.6 Å². The molecular formula is C16H32N2O3. The van der Waals surface area contributed by atoms with Crippen molar-refractivity contribution < 1.29 is 14.6 Å². The van der Waals surface area contributed by atoms with Crippen LogP contribution in [0.2, 0.25) is 0 Å². The maximum atomic E-state index is 12.1. The number of rotatable bonds is 7. The Morgan fingerprint density at radius 3 is 2.48 bits per heavy atom. The second-order valence-corrected chi connectivity index (χ2v) is 7.24. The molecule has 5 heteroatoms. The third-order valence-electron chi connectivity index (χ3n) is 4.17. The molecule has 1 aliphatic heterocycles. The molecule has 1 fully saturated rings. The molecule has 1 rings (SSSR count). The first kappa shape index (κ1) is 18.2. The van der Waals surface area contributed by atoms with E-state index in [2.05, 4.69) is 17.6 Å². The number of carbonyl (C=O) groups is 1. The van der Waals surface area contributed by atoms with E-state index in [1.54, 1.807) is 0 Å². The van der Waals surface area contributed by atoms with Crippen molar-refractivity contribution in [2.24, 2.45) is 5.92 Å². The fourth-order valence-corrected chi connectivity index (χ4v) is 3.17. The van der Waals surface area contributed by atoms with Crippen molar-refractivity contribution in [2.45, 2.75) is 77.5 Å². The number of ether oxygens (including phenoxy) is 1. The smallest absolute Gasteiger partial charge is 0.315 e. The van der Waals surface area contributed by atoms with Crippen LogP contribution >= 0.6 is 0 Å². The van der Waals surface area contributed by atoms with Gasteiger partial charge in [-0.1, -0.05) is 13.3 Å². The molecule has 2 atom stereocenters. The average Bonchev–Trinajstić information content (AvgIpc) is 2.54. The zero-order valence-corrected chi connectivity index (χ0v) is 14.2. The number of nitrogens with one attached hydrogen (secondary N) is 2. The molecule has 1 saturated heterocycles. The van der Waals surface area contributed by atoms with Crippen molar-refractivity contribution in [3.63, 3.8) is 0 Å². The molecule has 1 aliphatic rings. The molecule has 0 bridgehead atoms. The highest BCUT2D eigenvalue weighted by Gasteiger charge is 2.46. The SMILES string of the molecule is CCCC(CCO)CNC(=O)NC1CC(C)(C)OC1(C)C. The summed E-state index contributed by atoms with van der Waals surface area (Å²) in [7, 11) is 0. The zero-order valence-electron chi connectivity index (χ0n) is 14.2. The van der Waals surface area contributed by atoms with Gasteiger partial charge in [0.1, 0.15) is 0 Å². The lowest BCUT2D eigenvalue weighted by atomic mass is 9.94. The molecule has 0 spiro atoms. The molecule has 5 nitrogen and oxygen atoms in total. The topological polar surface area (TPSA) is 70.6 Å². The van der Waals surface area contributed by atoms with E-state index in [-0.39, 0.29) is 29.9 Å². The number of hydrogen-bond donors (Lipinski definition) is 3. The van der Waals surface area contributed by atoms with Gasteiger partial charge in [-0.2, -0.15) is 0 Å². The Hall–Kier alpha value is -0.810. The van der Waals surface area contributed by atoms with Gasteiger partial charge in [0, 0.05) is 13.2 Å². The number of aliphatic hydroxyl groups is 1. The normalized spacial score (nSPS) is 24.6. The molecule has 0 aromatic rings. The quantitative estimate of drug-likeness (QED) is 0.676. The van der Waals surface area contributed by atoms with Gasteiger partial charge in [0.15, 0.2) is 0 Å². The monoisotopic (exact) mass is 300 g/mol. The predicted molar refractivity (Wildman–Crippen MR) is 84.3 cm³/mol. The van der Waals surface area contributed by atoms with E-state index in [4.69, 9.17) is 9.84 Å². The summed E-state index contributed by atoms with van der Waals surface area (Å²) in [4.78, 5) is 12.1. The van der Waals surface area contributed by atoms with E-state index >= 15 is 0 Å². The standard InChI is InChI=1S/C16H32N2O3/c1-6-7-12(8-9-19)11-17-14(20)18-13-10-15(2,3)21-16(13,4)5/h12-13,19H,6-11H2,1-5H3,(H2,17,18,20). The van der Waals surface area contributed by atoms with Crippen LogP contribution in [0.3, 0.4) is 0 Å². The molecule has 2 unspecified atom stereocenters. The van der Waals surface area contributed by atoms with Gasteiger partial charge in [-0.25, -0.2) is 4.79 Å². The number of urea groups is 1. The first-order valence-electron chi connectivity index (χ1n) is 8.05. The minimum absolute atomic E-state index is 0.00923. The summed E-state index contributed by atoms with van der Waals surface area (Å²) in [6, 6.07) is -0.136. The third-order valence-corrected chi connectivity index (χ3v) is 4.17. The Balaban J connectivity index is 2.43. The van der Waals surface area contributed by atoms with Crippen LogP contribution in [0.25, 0.3) is 0 Å². The molecule has 0 aromatic carbocycles. The highest BCUT2D eigenvalue weighted by atomic mass is 16.5. The Labute approximate surface area is 128 Å². The van der Waals surface area contributed by atoms with E-state index in [0.717, 1.165) is 25.7 Å². The van der Waals surface area contributed by atoms with Crippen molar-refractivity contribution >= 4 is 6.03 Å². The second-order valence-electron chi connectivity index (χ2n) is 7.24. The van der Waals surface area contributed by atoms with Crippen LogP contribution in [-0.4, -0.2) is 41.5 Å². The fraction of sp³-hybridized carbons (Fsp3) is 0.938. The second kappa shape index (κ2) is 7.45. The highest BCUT2D eigenvalue weighted by Crippen LogP contribution is 2.37. The minimum Gasteiger partial charge on any atom is -0.396 e. The first-order valence-corrected chi connectivity index (χ1v) is 8.05. The lowest BCUT2D eigenvalue weighted by Gasteiger charge is -2.28. The Kier molecular flexibility index (Phi) is 6.47. The summed E-state index contributed by atoms with van der Waals surface area (Å²) in [6.45, 7) is 11.0. The fourth-order valence-electron chi connectivity index (χ4n) is 3.17. The summed E-state index contributed by atoms with van der Waals surface area (Å²) >= 11 is 0. The molecule has 3 N–H and O–H groups in total. The van der Waals surface area contributed by atoms with Gasteiger partial charge in [0.05, 0.1) is 17.2 Å².